The van der Waals surface area contributed by atoms with E-state index >= 15 is 0 Å². The Morgan fingerprint density at radius 1 is 0.870 bits per heavy atom. The minimum absolute atomic E-state index is 0.0133. The van der Waals surface area contributed by atoms with Gasteiger partial charge in [-0.2, -0.15) is 0 Å². The summed E-state index contributed by atoms with van der Waals surface area (Å²) < 4.78 is 47.5. The van der Waals surface area contributed by atoms with Crippen LogP contribution < -0.4 is 0 Å². The molecule has 2 bridgehead atoms. The average molecular weight is 989 g/mol. The first-order valence-corrected chi connectivity index (χ1v) is 27.0. The first kappa shape index (κ1) is 58.3. The van der Waals surface area contributed by atoms with Crippen molar-refractivity contribution < 1.29 is 67.2 Å². The lowest BCUT2D eigenvalue weighted by Gasteiger charge is -2.42. The van der Waals surface area contributed by atoms with E-state index in [1.165, 1.54) is 12.0 Å². The number of hydrogen-bond acceptors (Lipinski definition) is 14. The van der Waals surface area contributed by atoms with Crippen LogP contribution in [0.5, 0.6) is 0 Å². The molecule has 2 N–H and O–H groups in total. The number of rotatable bonds is 9. The van der Waals surface area contributed by atoms with Crippen molar-refractivity contribution in [3.05, 3.63) is 47.6 Å². The van der Waals surface area contributed by atoms with Crippen LogP contribution in [0.25, 0.3) is 0 Å². The van der Waals surface area contributed by atoms with Crippen LogP contribution in [0, 0.1) is 35.5 Å². The summed E-state index contributed by atoms with van der Waals surface area (Å²) in [5.74, 6) is -8.03. The Bertz CT molecular complexity index is 1900. The number of aliphatic hydroxyl groups is 2. The number of Topliss-reactive ketones (excluding diaryl/α,β-unsaturated/α-hetero) is 3. The number of esters is 1. The number of amides is 1. The van der Waals surface area contributed by atoms with Crippen LogP contribution >= 0.6 is 7.80 Å². The molecule has 0 aromatic rings. The standard InChI is InChI=1S/C53H83NO14P/c1-32-17-13-12-14-18-33(2)44(63-8)29-40-22-20-38(7)53(61,68-40)50(58)51(59)54-24-16-15-19-41(54)52(60)67-45(35(4)27-39-21-23-43(46(28-39)64-9)66-31-69(11)62)30-42(55)34(3)26-37(6)48(57)49(65-10)47(56)36(5)25-32/h12-14,17-18,26,32,34-36,38-41,43-46,48-49,57,61H,15-16,19-25,27-31H2,1-11H3/q+1/b14-12+,17-13+,33-18+,37-26+/t32-,34-,35-,36-,38-,39+,40+,41?,43?,44+,45+,46-,48-,49+,53-/m1/s1. The summed E-state index contributed by atoms with van der Waals surface area (Å²) in [4.78, 5) is 72.2. The van der Waals surface area contributed by atoms with E-state index in [9.17, 15) is 38.8 Å². The van der Waals surface area contributed by atoms with Crippen molar-refractivity contribution in [2.75, 3.05) is 40.9 Å². The number of ketones is 3. The number of carbonyl (C=O) groups excluding carboxylic acids is 5. The Morgan fingerprint density at radius 3 is 2.26 bits per heavy atom. The van der Waals surface area contributed by atoms with E-state index in [1.54, 1.807) is 47.7 Å². The summed E-state index contributed by atoms with van der Waals surface area (Å²) in [7, 11) is 3.09. The number of hydrogen-bond donors (Lipinski definition) is 2. The summed E-state index contributed by atoms with van der Waals surface area (Å²) >= 11 is 0. The van der Waals surface area contributed by atoms with Crippen molar-refractivity contribution in [3.8, 4) is 0 Å². The molecule has 3 aliphatic heterocycles. The van der Waals surface area contributed by atoms with Crippen molar-refractivity contribution in [1.29, 1.82) is 0 Å². The Balaban J connectivity index is 1.70. The molecule has 388 valence electrons. The molecular weight excluding hydrogens is 906 g/mol. The van der Waals surface area contributed by atoms with Crippen LogP contribution in [0.4, 0.5) is 0 Å². The third-order valence-corrected chi connectivity index (χ3v) is 15.4. The maximum atomic E-state index is 14.5. The van der Waals surface area contributed by atoms with E-state index in [2.05, 4.69) is 0 Å². The summed E-state index contributed by atoms with van der Waals surface area (Å²) in [6.07, 6.45) is 11.9. The normalized spacial score (nSPS) is 39.0. The van der Waals surface area contributed by atoms with E-state index in [0.717, 1.165) is 12.0 Å². The molecule has 0 radical (unpaired) electrons. The summed E-state index contributed by atoms with van der Waals surface area (Å²) in [5, 5.41) is 23.5. The number of cyclic esters (lactones) is 1. The molecule has 4 rings (SSSR count). The number of carbonyl (C=O) groups is 5. The van der Waals surface area contributed by atoms with E-state index < -0.39 is 85.6 Å². The van der Waals surface area contributed by atoms with Gasteiger partial charge in [-0.25, -0.2) is 4.79 Å². The van der Waals surface area contributed by atoms with Crippen LogP contribution in [-0.2, 0) is 57.0 Å². The van der Waals surface area contributed by atoms with Crippen molar-refractivity contribution in [1.82, 2.24) is 4.90 Å². The second-order valence-electron chi connectivity index (χ2n) is 20.5. The van der Waals surface area contributed by atoms with Gasteiger partial charge in [0.25, 0.3) is 11.7 Å². The highest BCUT2D eigenvalue weighted by Gasteiger charge is 2.53. The SMILES string of the molecule is CO[C@H]1C[C@@H]2CC[C@@H](C)[C@@](O)(O2)C(=O)C(=O)N2CCCCC2C(=O)O[C@H]([C@H](C)C[C@@H]2CCC(OC[P+](C)=O)[C@H](OC)C2)CC(=O)[C@H](C)/C=C(\C)[C@@H](O)[C@@H](OC)C(=O)[C@H](C)C[C@H](C)/C=C/C=C/C=C/1C. The maximum Gasteiger partial charge on any atom is 0.363 e. The smallest absolute Gasteiger partial charge is 0.363 e. The topological polar surface area (TPSA) is 201 Å². The molecular formula is C53H83NO14P+. The number of piperidine rings is 1. The molecule has 4 aliphatic rings. The maximum absolute atomic E-state index is 14.5. The van der Waals surface area contributed by atoms with Crippen LogP contribution in [0.1, 0.15) is 126 Å². The molecule has 0 aromatic heterocycles. The molecule has 69 heavy (non-hydrogen) atoms. The summed E-state index contributed by atoms with van der Waals surface area (Å²) in [6, 6.07) is -1.15. The first-order chi connectivity index (χ1) is 32.6. The zero-order chi connectivity index (χ0) is 51.2. The molecule has 2 saturated heterocycles. The van der Waals surface area contributed by atoms with Crippen molar-refractivity contribution in [3.63, 3.8) is 0 Å². The van der Waals surface area contributed by atoms with Crippen molar-refractivity contribution in [2.45, 2.75) is 180 Å². The Hall–Kier alpha value is -3.27. The Kier molecular flexibility index (Phi) is 23.3. The number of allylic oxidation sites excluding steroid dienone is 6. The minimum Gasteiger partial charge on any atom is -0.460 e. The van der Waals surface area contributed by atoms with Crippen LogP contribution in [0.2, 0.25) is 0 Å². The second kappa shape index (κ2) is 27.5. The predicted molar refractivity (Wildman–Crippen MR) is 262 cm³/mol. The van der Waals surface area contributed by atoms with Gasteiger partial charge in [0.1, 0.15) is 36.8 Å². The van der Waals surface area contributed by atoms with Crippen molar-refractivity contribution in [2.24, 2.45) is 35.5 Å². The third-order valence-electron chi connectivity index (χ3n) is 14.9. The largest absolute Gasteiger partial charge is 0.460 e. The lowest BCUT2D eigenvalue weighted by Crippen LogP contribution is -2.61. The van der Waals surface area contributed by atoms with Gasteiger partial charge in [-0.3, -0.25) is 19.2 Å². The molecule has 1 saturated carbocycles. The van der Waals surface area contributed by atoms with E-state index in [1.807, 2.05) is 58.1 Å². The molecule has 1 aliphatic carbocycles. The molecule has 3 fully saturated rings. The summed E-state index contributed by atoms with van der Waals surface area (Å²) in [6.45, 7) is 14.4. The fourth-order valence-corrected chi connectivity index (χ4v) is 10.9. The van der Waals surface area contributed by atoms with E-state index in [0.29, 0.717) is 63.4 Å². The van der Waals surface area contributed by atoms with E-state index in [4.69, 9.17) is 28.4 Å². The average Bonchev–Trinajstić information content (AvgIpc) is 3.32. The number of methoxy groups -OCH3 is 3. The van der Waals surface area contributed by atoms with Gasteiger partial charge in [0, 0.05) is 58.5 Å². The quantitative estimate of drug-likeness (QED) is 0.0989. The monoisotopic (exact) mass is 989 g/mol. The van der Waals surface area contributed by atoms with Crippen LogP contribution in [-0.4, -0.2) is 140 Å². The molecule has 0 aromatic carbocycles. The first-order valence-electron chi connectivity index (χ1n) is 25.1. The van der Waals surface area contributed by atoms with Crippen LogP contribution in [0.15, 0.2) is 47.6 Å². The number of aliphatic hydroxyl groups excluding tert-OH is 1. The van der Waals surface area contributed by atoms with Gasteiger partial charge in [0.2, 0.25) is 12.1 Å². The Morgan fingerprint density at radius 2 is 1.59 bits per heavy atom. The van der Waals surface area contributed by atoms with Gasteiger partial charge in [-0.15, -0.1) is 0 Å². The highest BCUT2D eigenvalue weighted by Crippen LogP contribution is 2.38. The van der Waals surface area contributed by atoms with Gasteiger partial charge >= 0.3 is 13.8 Å². The minimum atomic E-state index is -2.44. The number of nitrogens with zero attached hydrogens (tertiary/aromatic N) is 1. The Labute approximate surface area is 411 Å². The molecule has 16 heteroatoms. The lowest BCUT2D eigenvalue weighted by atomic mass is 9.78. The van der Waals surface area contributed by atoms with E-state index in [-0.39, 0.29) is 67.3 Å². The molecule has 16 atom stereocenters. The highest BCUT2D eigenvalue weighted by molar-refractivity contribution is 7.43. The molecule has 0 spiro atoms. The number of ether oxygens (including phenoxy) is 6. The zero-order valence-corrected chi connectivity index (χ0v) is 44.0. The molecule has 3 unspecified atom stereocenters. The molecule has 3 heterocycles. The van der Waals surface area contributed by atoms with Gasteiger partial charge in [-0.05, 0) is 107 Å². The lowest BCUT2D eigenvalue weighted by molar-refractivity contribution is -0.265. The van der Waals surface area contributed by atoms with Gasteiger partial charge < -0.3 is 43.5 Å². The highest BCUT2D eigenvalue weighted by atomic mass is 31.1. The van der Waals surface area contributed by atoms with Gasteiger partial charge in [0.15, 0.2) is 5.78 Å². The second-order valence-corrected chi connectivity index (χ2v) is 22.0. The number of fused-ring (bicyclic) bond motifs is 3. The van der Waals surface area contributed by atoms with Crippen LogP contribution in [0.3, 0.4) is 0 Å². The molecule has 15 nitrogen and oxygen atoms in total. The van der Waals surface area contributed by atoms with Gasteiger partial charge in [0.05, 0.1) is 24.4 Å². The fourth-order valence-electron chi connectivity index (χ4n) is 10.5. The zero-order valence-electron chi connectivity index (χ0n) is 43.1. The summed E-state index contributed by atoms with van der Waals surface area (Å²) in [5.41, 5.74) is 1.26. The van der Waals surface area contributed by atoms with Gasteiger partial charge in [-0.1, -0.05) is 75.6 Å². The van der Waals surface area contributed by atoms with Crippen molar-refractivity contribution >= 4 is 37.0 Å². The predicted octanol–water partition coefficient (Wildman–Crippen LogP) is 7.62. The third kappa shape index (κ3) is 16.1. The molecule has 1 amide bonds. The fraction of sp³-hybridized carbons (Fsp3) is 0.755.